The minimum Gasteiger partial charge on any atom is -0.457 e. The van der Waals surface area contributed by atoms with E-state index in [1.54, 1.807) is 54.6 Å². The van der Waals surface area contributed by atoms with Crippen LogP contribution in [0.15, 0.2) is 83.8 Å². The molecule has 6 rings (SSSR count). The van der Waals surface area contributed by atoms with Gasteiger partial charge in [-0.15, -0.1) is 0 Å². The summed E-state index contributed by atoms with van der Waals surface area (Å²) < 4.78 is 125. The molecule has 1 amide bonds. The van der Waals surface area contributed by atoms with Crippen LogP contribution in [0, 0.1) is 34.9 Å². The topological polar surface area (TPSA) is 93.2 Å². The summed E-state index contributed by atoms with van der Waals surface area (Å²) in [6.07, 6.45) is 2.35. The van der Waals surface area contributed by atoms with Crippen molar-refractivity contribution in [3.8, 4) is 0 Å². The fourth-order valence-electron chi connectivity index (χ4n) is 6.12. The van der Waals surface area contributed by atoms with Gasteiger partial charge in [-0.05, 0) is 59.7 Å². The maximum Gasteiger partial charge on any atom is 0.338 e. The number of amides is 1. The molecule has 1 atom stereocenters. The zero-order chi connectivity index (χ0) is 37.2. The molecule has 0 aromatic heterocycles. The molecule has 1 fully saturated rings. The van der Waals surface area contributed by atoms with E-state index >= 15 is 4.39 Å². The van der Waals surface area contributed by atoms with Crippen molar-refractivity contribution >= 4 is 33.2 Å². The van der Waals surface area contributed by atoms with Crippen molar-refractivity contribution in [2.75, 3.05) is 24.7 Å². The highest BCUT2D eigenvalue weighted by molar-refractivity contribution is 7.89. The molecule has 0 N–H and O–H groups in total. The Bertz CT molecular complexity index is 2120. The third kappa shape index (κ3) is 7.34. The Labute approximate surface area is 294 Å². The van der Waals surface area contributed by atoms with Gasteiger partial charge in [-0.3, -0.25) is 4.79 Å². The molecule has 2 aliphatic heterocycles. The molecule has 52 heavy (non-hydrogen) atoms. The van der Waals surface area contributed by atoms with E-state index < -0.39 is 74.3 Å². The lowest BCUT2D eigenvalue weighted by molar-refractivity contribution is -0.121. The third-order valence-corrected chi connectivity index (χ3v) is 10.7. The second-order valence-corrected chi connectivity index (χ2v) is 13.9. The van der Waals surface area contributed by atoms with Gasteiger partial charge < -0.3 is 14.4 Å². The molecule has 0 saturated carbocycles. The number of anilines is 1. The molecule has 0 bridgehead atoms. The van der Waals surface area contributed by atoms with E-state index in [9.17, 15) is 40.0 Å². The lowest BCUT2D eigenvalue weighted by Gasteiger charge is -2.30. The van der Waals surface area contributed by atoms with Crippen molar-refractivity contribution in [3.63, 3.8) is 0 Å². The molecular weight excluding hydrogens is 714 g/mol. The average molecular weight is 745 g/mol. The van der Waals surface area contributed by atoms with E-state index in [0.29, 0.717) is 35.1 Å². The third-order valence-electron chi connectivity index (χ3n) is 8.81. The number of nitrogens with zero attached hydrogens (tertiary/aromatic N) is 2. The molecule has 8 nitrogen and oxygen atoms in total. The number of benzene rings is 4. The zero-order valence-electron chi connectivity index (χ0n) is 27.3. The van der Waals surface area contributed by atoms with Crippen molar-refractivity contribution in [2.24, 2.45) is 0 Å². The van der Waals surface area contributed by atoms with Gasteiger partial charge in [0, 0.05) is 6.54 Å². The highest BCUT2D eigenvalue weighted by Crippen LogP contribution is 2.35. The first-order chi connectivity index (χ1) is 24.9. The summed E-state index contributed by atoms with van der Waals surface area (Å²) in [7, 11) is -5.50. The molecule has 1 saturated heterocycles. The molecule has 15 heteroatoms. The van der Waals surface area contributed by atoms with Gasteiger partial charge in [0.05, 0.1) is 31.0 Å². The van der Waals surface area contributed by atoms with Gasteiger partial charge in [0.1, 0.15) is 18.5 Å². The number of carbonyl (C=O) groups is 2. The Balaban J connectivity index is 1.34. The van der Waals surface area contributed by atoms with Crippen molar-refractivity contribution in [1.82, 2.24) is 4.31 Å². The molecule has 0 spiro atoms. The van der Waals surface area contributed by atoms with E-state index in [1.807, 2.05) is 6.08 Å². The molecule has 0 aliphatic carbocycles. The highest BCUT2D eigenvalue weighted by atomic mass is 32.2. The van der Waals surface area contributed by atoms with E-state index in [-0.39, 0.29) is 37.2 Å². The summed E-state index contributed by atoms with van der Waals surface area (Å²) in [5.41, 5.74) is 2.52. The number of rotatable bonds is 10. The number of carbonyl (C=O) groups excluding carboxylic acids is 2. The molecule has 0 unspecified atom stereocenters. The summed E-state index contributed by atoms with van der Waals surface area (Å²) in [6.45, 7) is 0.0523. The summed E-state index contributed by atoms with van der Waals surface area (Å²) >= 11 is 0. The van der Waals surface area contributed by atoms with Gasteiger partial charge in [0.15, 0.2) is 28.2 Å². The summed E-state index contributed by atoms with van der Waals surface area (Å²) in [4.78, 5) is 25.9. The monoisotopic (exact) mass is 744 g/mol. The van der Waals surface area contributed by atoms with Gasteiger partial charge >= 0.3 is 5.97 Å². The fourth-order valence-corrected chi connectivity index (χ4v) is 7.89. The first kappa shape index (κ1) is 36.8. The minimum absolute atomic E-state index is 0.0267. The number of esters is 1. The molecule has 0 radical (unpaired) electrons. The summed E-state index contributed by atoms with van der Waals surface area (Å²) in [5.74, 6) is -15.6. The maximum absolute atomic E-state index is 15.9. The predicted octanol–water partition coefficient (Wildman–Crippen LogP) is 7.07. The van der Waals surface area contributed by atoms with Crippen LogP contribution in [0.3, 0.4) is 0 Å². The number of ether oxygens (including phenoxy) is 2. The van der Waals surface area contributed by atoms with Crippen LogP contribution in [0.1, 0.15) is 46.3 Å². The van der Waals surface area contributed by atoms with Gasteiger partial charge in [-0.2, -0.15) is 4.31 Å². The number of hydrogen-bond donors (Lipinski definition) is 0. The van der Waals surface area contributed by atoms with Crippen molar-refractivity contribution in [1.29, 1.82) is 0 Å². The first-order valence-electron chi connectivity index (χ1n) is 16.1. The Kier molecular flexibility index (Phi) is 10.8. The van der Waals surface area contributed by atoms with Crippen LogP contribution >= 0.6 is 0 Å². The largest absolute Gasteiger partial charge is 0.457 e. The fraction of sp³-hybridized carbons (Fsp3) is 0.243. The average Bonchev–Trinajstić information content (AvgIpc) is 3.67. The Morgan fingerprint density at radius 1 is 0.846 bits per heavy atom. The predicted molar refractivity (Wildman–Crippen MR) is 176 cm³/mol. The van der Waals surface area contributed by atoms with E-state index in [0.717, 1.165) is 28.2 Å². The quantitative estimate of drug-likeness (QED) is 0.0747. The van der Waals surface area contributed by atoms with Crippen LogP contribution < -0.4 is 4.90 Å². The van der Waals surface area contributed by atoms with Crippen molar-refractivity contribution in [2.45, 2.75) is 43.4 Å². The van der Waals surface area contributed by atoms with Crippen LogP contribution in [0.2, 0.25) is 0 Å². The van der Waals surface area contributed by atoms with Gasteiger partial charge in [0.25, 0.3) is 0 Å². The SMILES string of the molecule is O=C(OCc1ccccc1)c1ccc(N(Cc2ccc(C3=CCOCC3)cc2)C(=O)[C@H]2CCCN2S(=O)(=O)c2c(F)c(F)c(F)c(F)c2F)c(F)c1. The van der Waals surface area contributed by atoms with Gasteiger partial charge in [0.2, 0.25) is 21.7 Å². The lowest BCUT2D eigenvalue weighted by Crippen LogP contribution is -2.48. The maximum atomic E-state index is 15.9. The second-order valence-electron chi connectivity index (χ2n) is 12.1. The zero-order valence-corrected chi connectivity index (χ0v) is 28.1. The Morgan fingerprint density at radius 3 is 2.15 bits per heavy atom. The molecule has 272 valence electrons. The van der Waals surface area contributed by atoms with Gasteiger partial charge in [-0.1, -0.05) is 60.7 Å². The summed E-state index contributed by atoms with van der Waals surface area (Å²) in [6, 6.07) is 17.1. The van der Waals surface area contributed by atoms with E-state index in [2.05, 4.69) is 0 Å². The van der Waals surface area contributed by atoms with Crippen LogP contribution in [-0.4, -0.2) is 50.4 Å². The Hall–Kier alpha value is -4.99. The number of halogens is 6. The van der Waals surface area contributed by atoms with Crippen LogP contribution in [0.4, 0.5) is 32.0 Å². The number of sulfonamides is 1. The van der Waals surface area contributed by atoms with E-state index in [4.69, 9.17) is 9.47 Å². The molecule has 4 aromatic carbocycles. The smallest absolute Gasteiger partial charge is 0.338 e. The first-order valence-corrected chi connectivity index (χ1v) is 17.5. The van der Waals surface area contributed by atoms with Crippen molar-refractivity contribution in [3.05, 3.63) is 136 Å². The Morgan fingerprint density at radius 2 is 1.52 bits per heavy atom. The molecule has 2 aliphatic rings. The standard InChI is InChI=1S/C37H30F6N2O6S/c38-27-19-26(37(47)51-21-23-5-2-1-3-6-23)12-13-28(27)44(20-22-8-10-24(11-9-22)25-14-17-50-18-15-25)36(46)29-7-4-16-45(29)52(48,49)35-33(42)31(40)30(39)32(41)34(35)43/h1-3,5-6,8-14,19,29H,4,7,15-18,20-21H2/t29-/m1/s1. The second kappa shape index (κ2) is 15.3. The van der Waals surface area contributed by atoms with Crippen LogP contribution in [-0.2, 0) is 37.4 Å². The van der Waals surface area contributed by atoms with Gasteiger partial charge in [-0.25, -0.2) is 39.6 Å². The normalized spacial score (nSPS) is 16.4. The van der Waals surface area contributed by atoms with E-state index in [1.165, 1.54) is 6.07 Å². The minimum atomic E-state index is -5.50. The number of hydrogen-bond acceptors (Lipinski definition) is 6. The van der Waals surface area contributed by atoms with Crippen molar-refractivity contribution < 1.29 is 53.8 Å². The van der Waals surface area contributed by atoms with Crippen LogP contribution in [0.5, 0.6) is 0 Å². The highest BCUT2D eigenvalue weighted by Gasteiger charge is 2.45. The molecular formula is C37H30F6N2O6S. The molecule has 4 aromatic rings. The molecule has 2 heterocycles. The lowest BCUT2D eigenvalue weighted by atomic mass is 10.00. The van der Waals surface area contributed by atoms with Crippen LogP contribution in [0.25, 0.3) is 5.57 Å². The summed E-state index contributed by atoms with van der Waals surface area (Å²) in [5, 5.41) is 0.